The number of aromatic nitrogens is 2. The first-order valence-corrected chi connectivity index (χ1v) is 11.7. The zero-order chi connectivity index (χ0) is 21.9. The van der Waals surface area contributed by atoms with Crippen molar-refractivity contribution in [1.82, 2.24) is 14.5 Å². The molecule has 2 aliphatic rings. The molecule has 1 atom stereocenters. The number of imidazole rings is 1. The van der Waals surface area contributed by atoms with Gasteiger partial charge in [0, 0.05) is 31.0 Å². The zero-order valence-corrected chi connectivity index (χ0v) is 18.7. The minimum absolute atomic E-state index is 0.133. The number of amides is 1. The molecule has 3 aromatic rings. The molecule has 2 heterocycles. The Labute approximate surface area is 189 Å². The lowest BCUT2D eigenvalue weighted by Crippen LogP contribution is -2.37. The summed E-state index contributed by atoms with van der Waals surface area (Å²) in [6.45, 7) is 1.98. The summed E-state index contributed by atoms with van der Waals surface area (Å²) in [4.78, 5) is 20.0. The van der Waals surface area contributed by atoms with Gasteiger partial charge in [0.2, 0.25) is 5.91 Å². The van der Waals surface area contributed by atoms with Crippen LogP contribution in [0.5, 0.6) is 11.5 Å². The SMILES string of the molecule is COc1cccc(OCCn2c(C3CC(=O)N(C4CCCCC4)C3)nc3ccccc32)c1. The van der Waals surface area contributed by atoms with Gasteiger partial charge in [0.25, 0.3) is 0 Å². The van der Waals surface area contributed by atoms with Crippen molar-refractivity contribution in [2.24, 2.45) is 0 Å². The molecule has 32 heavy (non-hydrogen) atoms. The second kappa shape index (κ2) is 9.23. The molecule has 168 valence electrons. The molecule has 1 saturated heterocycles. The minimum atomic E-state index is 0.133. The van der Waals surface area contributed by atoms with Crippen LogP contribution >= 0.6 is 0 Å². The van der Waals surface area contributed by atoms with Gasteiger partial charge in [-0.2, -0.15) is 0 Å². The van der Waals surface area contributed by atoms with Crippen LogP contribution in [0.3, 0.4) is 0 Å². The molecule has 6 nitrogen and oxygen atoms in total. The number of hydrogen-bond donors (Lipinski definition) is 0. The molecule has 0 bridgehead atoms. The van der Waals surface area contributed by atoms with E-state index < -0.39 is 0 Å². The number of ether oxygens (including phenoxy) is 2. The molecule has 1 saturated carbocycles. The Kier molecular flexibility index (Phi) is 6.02. The van der Waals surface area contributed by atoms with E-state index in [9.17, 15) is 4.79 Å². The van der Waals surface area contributed by atoms with Gasteiger partial charge in [-0.1, -0.05) is 37.5 Å². The first-order chi connectivity index (χ1) is 15.7. The van der Waals surface area contributed by atoms with Gasteiger partial charge in [-0.05, 0) is 37.1 Å². The molecule has 5 rings (SSSR count). The number of carbonyl (C=O) groups excluding carboxylic acids is 1. The summed E-state index contributed by atoms with van der Waals surface area (Å²) in [5.41, 5.74) is 2.08. The Morgan fingerprint density at radius 3 is 2.69 bits per heavy atom. The summed E-state index contributed by atoms with van der Waals surface area (Å²) in [5.74, 6) is 2.99. The van der Waals surface area contributed by atoms with E-state index in [2.05, 4.69) is 15.5 Å². The normalized spacial score (nSPS) is 19.6. The standard InChI is InChI=1S/C26H31N3O3/c1-31-21-10-7-11-22(17-21)32-15-14-28-24-13-6-5-12-23(24)27-26(28)19-16-25(30)29(18-19)20-8-3-2-4-9-20/h5-7,10-13,17,19-20H,2-4,8-9,14-16,18H2,1H3. The molecular formula is C26H31N3O3. The summed E-state index contributed by atoms with van der Waals surface area (Å²) in [5, 5.41) is 0. The first-order valence-electron chi connectivity index (χ1n) is 11.7. The molecular weight excluding hydrogens is 402 g/mol. The van der Waals surface area contributed by atoms with Crippen LogP contribution in [-0.2, 0) is 11.3 Å². The number of para-hydroxylation sites is 2. The average Bonchev–Trinajstić information content (AvgIpc) is 3.40. The average molecular weight is 434 g/mol. The van der Waals surface area contributed by atoms with Crippen LogP contribution in [0.15, 0.2) is 48.5 Å². The van der Waals surface area contributed by atoms with Crippen LogP contribution in [0.25, 0.3) is 11.0 Å². The van der Waals surface area contributed by atoms with E-state index >= 15 is 0 Å². The van der Waals surface area contributed by atoms with Crippen molar-refractivity contribution in [1.29, 1.82) is 0 Å². The molecule has 6 heteroatoms. The van der Waals surface area contributed by atoms with Gasteiger partial charge >= 0.3 is 0 Å². The maximum absolute atomic E-state index is 12.9. The maximum atomic E-state index is 12.9. The fourth-order valence-electron chi connectivity index (χ4n) is 5.24. The van der Waals surface area contributed by atoms with Crippen molar-refractivity contribution in [3.8, 4) is 11.5 Å². The Morgan fingerprint density at radius 1 is 1.03 bits per heavy atom. The van der Waals surface area contributed by atoms with E-state index in [4.69, 9.17) is 14.5 Å². The highest BCUT2D eigenvalue weighted by atomic mass is 16.5. The summed E-state index contributed by atoms with van der Waals surface area (Å²) in [7, 11) is 1.66. The van der Waals surface area contributed by atoms with E-state index in [1.807, 2.05) is 42.5 Å². The second-order valence-corrected chi connectivity index (χ2v) is 8.88. The summed E-state index contributed by atoms with van der Waals surface area (Å²) < 4.78 is 13.6. The molecule has 2 aromatic carbocycles. The molecule has 0 radical (unpaired) electrons. The number of likely N-dealkylation sites (tertiary alicyclic amines) is 1. The number of hydrogen-bond acceptors (Lipinski definition) is 4. The van der Waals surface area contributed by atoms with E-state index in [1.54, 1.807) is 7.11 Å². The fraction of sp³-hybridized carbons (Fsp3) is 0.462. The summed E-state index contributed by atoms with van der Waals surface area (Å²) in [6.07, 6.45) is 6.60. The third kappa shape index (κ3) is 4.18. The van der Waals surface area contributed by atoms with Crippen molar-refractivity contribution in [2.75, 3.05) is 20.3 Å². The second-order valence-electron chi connectivity index (χ2n) is 8.88. The van der Waals surface area contributed by atoms with Gasteiger partial charge in [0.15, 0.2) is 0 Å². The molecule has 1 aliphatic heterocycles. The predicted octanol–water partition coefficient (Wildman–Crippen LogP) is 4.77. The monoisotopic (exact) mass is 433 g/mol. The Bertz CT molecular complexity index is 1090. The summed E-state index contributed by atoms with van der Waals surface area (Å²) >= 11 is 0. The van der Waals surface area contributed by atoms with Crippen molar-refractivity contribution in [2.45, 2.75) is 57.0 Å². The third-order valence-electron chi connectivity index (χ3n) is 6.85. The Morgan fingerprint density at radius 2 is 1.84 bits per heavy atom. The van der Waals surface area contributed by atoms with Gasteiger partial charge in [0.05, 0.1) is 24.7 Å². The smallest absolute Gasteiger partial charge is 0.223 e. The number of fused-ring (bicyclic) bond motifs is 1. The Hall–Kier alpha value is -3.02. The van der Waals surface area contributed by atoms with Crippen LogP contribution in [0.4, 0.5) is 0 Å². The van der Waals surface area contributed by atoms with Gasteiger partial charge < -0.3 is 18.9 Å². The highest BCUT2D eigenvalue weighted by Crippen LogP contribution is 2.34. The Balaban J connectivity index is 1.35. The number of rotatable bonds is 7. The van der Waals surface area contributed by atoms with Gasteiger partial charge in [-0.3, -0.25) is 4.79 Å². The van der Waals surface area contributed by atoms with Gasteiger partial charge in [-0.15, -0.1) is 0 Å². The van der Waals surface area contributed by atoms with E-state index in [1.165, 1.54) is 19.3 Å². The van der Waals surface area contributed by atoms with Crippen molar-refractivity contribution >= 4 is 16.9 Å². The quantitative estimate of drug-likeness (QED) is 0.538. The third-order valence-corrected chi connectivity index (χ3v) is 6.85. The van der Waals surface area contributed by atoms with Crippen molar-refractivity contribution in [3.63, 3.8) is 0 Å². The highest BCUT2D eigenvalue weighted by Gasteiger charge is 2.37. The first kappa shape index (κ1) is 20.9. The van der Waals surface area contributed by atoms with Gasteiger partial charge in [0.1, 0.15) is 23.9 Å². The van der Waals surface area contributed by atoms with Crippen molar-refractivity contribution < 1.29 is 14.3 Å². The molecule has 1 amide bonds. The molecule has 2 fully saturated rings. The van der Waals surface area contributed by atoms with E-state index in [-0.39, 0.29) is 11.8 Å². The number of methoxy groups -OCH3 is 1. The topological polar surface area (TPSA) is 56.6 Å². The maximum Gasteiger partial charge on any atom is 0.223 e. The van der Waals surface area contributed by atoms with Crippen molar-refractivity contribution in [3.05, 3.63) is 54.4 Å². The number of benzene rings is 2. The number of carbonyl (C=O) groups is 1. The minimum Gasteiger partial charge on any atom is -0.497 e. The lowest BCUT2D eigenvalue weighted by Gasteiger charge is -2.31. The molecule has 1 aromatic heterocycles. The van der Waals surface area contributed by atoms with Crippen LogP contribution in [-0.4, -0.2) is 46.7 Å². The van der Waals surface area contributed by atoms with Gasteiger partial charge in [-0.25, -0.2) is 4.98 Å². The molecule has 0 N–H and O–H groups in total. The molecule has 1 unspecified atom stereocenters. The zero-order valence-electron chi connectivity index (χ0n) is 18.7. The predicted molar refractivity (Wildman–Crippen MR) is 124 cm³/mol. The highest BCUT2D eigenvalue weighted by molar-refractivity contribution is 5.81. The molecule has 1 aliphatic carbocycles. The van der Waals surface area contributed by atoms with Crippen LogP contribution in [0.1, 0.15) is 50.3 Å². The van der Waals surface area contributed by atoms with Crippen LogP contribution in [0.2, 0.25) is 0 Å². The fourth-order valence-corrected chi connectivity index (χ4v) is 5.24. The lowest BCUT2D eigenvalue weighted by molar-refractivity contribution is -0.130. The van der Waals surface area contributed by atoms with E-state index in [0.29, 0.717) is 25.6 Å². The lowest BCUT2D eigenvalue weighted by atomic mass is 9.94. The summed E-state index contributed by atoms with van der Waals surface area (Å²) in [6, 6.07) is 16.3. The molecule has 0 spiro atoms. The number of nitrogens with zero attached hydrogens (tertiary/aromatic N) is 3. The van der Waals surface area contributed by atoms with E-state index in [0.717, 1.165) is 47.7 Å². The van der Waals surface area contributed by atoms with Crippen LogP contribution in [0, 0.1) is 0 Å². The van der Waals surface area contributed by atoms with Crippen LogP contribution < -0.4 is 9.47 Å². The largest absolute Gasteiger partial charge is 0.497 e.